The fourth-order valence-electron chi connectivity index (χ4n) is 4.18. The Morgan fingerprint density at radius 3 is 2.44 bits per heavy atom. The highest BCUT2D eigenvalue weighted by molar-refractivity contribution is 7.92. The Morgan fingerprint density at radius 2 is 1.83 bits per heavy atom. The van der Waals surface area contributed by atoms with Gasteiger partial charge >= 0.3 is 0 Å². The maximum atomic E-state index is 13.5. The summed E-state index contributed by atoms with van der Waals surface area (Å²) < 4.78 is 26.0. The third-order valence-corrected chi connectivity index (χ3v) is 7.49. The van der Waals surface area contributed by atoms with Crippen LogP contribution < -0.4 is 9.62 Å². The van der Waals surface area contributed by atoms with Crippen LogP contribution >= 0.6 is 11.6 Å². The maximum Gasteiger partial charge on any atom is 0.271 e. The van der Waals surface area contributed by atoms with E-state index >= 15 is 0 Å². The molecule has 1 fully saturated rings. The number of nitro benzene ring substituents is 1. The minimum atomic E-state index is -3.99. The van der Waals surface area contributed by atoms with E-state index in [9.17, 15) is 28.1 Å². The highest BCUT2D eigenvalue weighted by Crippen LogP contribution is 2.24. The van der Waals surface area contributed by atoms with Crippen LogP contribution in [-0.2, 0) is 26.2 Å². The minimum absolute atomic E-state index is 0.0190. The molecule has 0 aromatic heterocycles. The summed E-state index contributed by atoms with van der Waals surface area (Å²) in [5.41, 5.74) is 0.331. The van der Waals surface area contributed by atoms with Gasteiger partial charge in [0.2, 0.25) is 21.8 Å². The molecule has 36 heavy (non-hydrogen) atoms. The molecule has 0 heterocycles. The van der Waals surface area contributed by atoms with E-state index < -0.39 is 33.4 Å². The van der Waals surface area contributed by atoms with E-state index in [1.807, 2.05) is 0 Å². The minimum Gasteiger partial charge on any atom is -0.352 e. The van der Waals surface area contributed by atoms with Crippen LogP contribution in [0, 0.1) is 10.1 Å². The van der Waals surface area contributed by atoms with Gasteiger partial charge in [0, 0.05) is 29.7 Å². The molecule has 1 aliphatic carbocycles. The molecular formula is C24H29ClN4O6S. The maximum absolute atomic E-state index is 13.5. The third kappa shape index (κ3) is 7.17. The summed E-state index contributed by atoms with van der Waals surface area (Å²) in [5, 5.41) is 14.6. The Bertz CT molecular complexity index is 1230. The second-order valence-electron chi connectivity index (χ2n) is 8.86. The van der Waals surface area contributed by atoms with E-state index in [0.717, 1.165) is 42.3 Å². The molecule has 1 N–H and O–H groups in total. The average molecular weight is 537 g/mol. The topological polar surface area (TPSA) is 130 Å². The molecular weight excluding hydrogens is 508 g/mol. The Kier molecular flexibility index (Phi) is 8.91. The predicted molar refractivity (Wildman–Crippen MR) is 137 cm³/mol. The highest BCUT2D eigenvalue weighted by atomic mass is 35.5. The van der Waals surface area contributed by atoms with Gasteiger partial charge in [-0.1, -0.05) is 42.6 Å². The molecule has 10 nitrogen and oxygen atoms in total. The molecule has 3 rings (SSSR count). The molecule has 0 radical (unpaired) electrons. The van der Waals surface area contributed by atoms with Crippen LogP contribution in [0.15, 0.2) is 48.5 Å². The van der Waals surface area contributed by atoms with Crippen LogP contribution in [0.2, 0.25) is 5.02 Å². The summed E-state index contributed by atoms with van der Waals surface area (Å²) >= 11 is 6.10. The van der Waals surface area contributed by atoms with Crippen molar-refractivity contribution < 1.29 is 22.9 Å². The Hall–Kier alpha value is -3.18. The highest BCUT2D eigenvalue weighted by Gasteiger charge is 2.31. The van der Waals surface area contributed by atoms with Crippen LogP contribution in [0.5, 0.6) is 0 Å². The first-order valence-electron chi connectivity index (χ1n) is 11.5. The molecule has 194 valence electrons. The van der Waals surface area contributed by atoms with Crippen molar-refractivity contribution in [2.75, 3.05) is 17.1 Å². The van der Waals surface area contributed by atoms with Crippen LogP contribution in [0.3, 0.4) is 0 Å². The number of nitrogens with zero attached hydrogens (tertiary/aromatic N) is 3. The molecule has 0 spiro atoms. The van der Waals surface area contributed by atoms with Gasteiger partial charge < -0.3 is 10.2 Å². The van der Waals surface area contributed by atoms with Gasteiger partial charge in [0.15, 0.2) is 0 Å². The lowest BCUT2D eigenvalue weighted by Crippen LogP contribution is -2.52. The number of sulfonamides is 1. The fourth-order valence-corrected chi connectivity index (χ4v) is 5.24. The van der Waals surface area contributed by atoms with Crippen molar-refractivity contribution in [3.63, 3.8) is 0 Å². The molecule has 0 unspecified atom stereocenters. The normalized spacial score (nSPS) is 14.8. The SMILES string of the molecule is C[C@@H](C(=O)NC1CCCC1)N(Cc1cccc(Cl)c1)C(=O)CN(c1cccc([N+](=O)[O-])c1)S(C)(=O)=O. The molecule has 0 aliphatic heterocycles. The fraction of sp³-hybridized carbons (Fsp3) is 0.417. The van der Waals surface area contributed by atoms with Gasteiger partial charge in [0.25, 0.3) is 5.69 Å². The second kappa shape index (κ2) is 11.7. The number of non-ortho nitro benzene ring substituents is 1. The number of nitrogens with one attached hydrogen (secondary N) is 1. The first-order chi connectivity index (χ1) is 17.0. The van der Waals surface area contributed by atoms with Crippen LogP contribution in [0.4, 0.5) is 11.4 Å². The monoisotopic (exact) mass is 536 g/mol. The number of halogens is 1. The van der Waals surface area contributed by atoms with E-state index in [4.69, 9.17) is 11.6 Å². The van der Waals surface area contributed by atoms with Crippen molar-refractivity contribution in [1.29, 1.82) is 0 Å². The van der Waals surface area contributed by atoms with E-state index in [1.54, 1.807) is 31.2 Å². The van der Waals surface area contributed by atoms with Crippen molar-refractivity contribution >= 4 is 44.8 Å². The Balaban J connectivity index is 1.90. The number of benzene rings is 2. The van der Waals surface area contributed by atoms with Crippen molar-refractivity contribution in [1.82, 2.24) is 10.2 Å². The molecule has 2 aromatic carbocycles. The molecule has 1 aliphatic rings. The summed E-state index contributed by atoms with van der Waals surface area (Å²) in [5.74, 6) is -0.973. The molecule has 0 bridgehead atoms. The molecule has 1 saturated carbocycles. The van der Waals surface area contributed by atoms with Crippen molar-refractivity contribution in [2.24, 2.45) is 0 Å². The molecule has 0 saturated heterocycles. The number of hydrogen-bond acceptors (Lipinski definition) is 6. The molecule has 1 atom stereocenters. The zero-order valence-electron chi connectivity index (χ0n) is 20.1. The Labute approximate surface area is 215 Å². The van der Waals surface area contributed by atoms with Crippen LogP contribution in [0.1, 0.15) is 38.2 Å². The zero-order chi connectivity index (χ0) is 26.5. The molecule has 2 amide bonds. The third-order valence-electron chi connectivity index (χ3n) is 6.12. The number of nitro groups is 1. The molecule has 12 heteroatoms. The number of carbonyl (C=O) groups is 2. The van der Waals surface area contributed by atoms with E-state index in [0.29, 0.717) is 10.6 Å². The Morgan fingerprint density at radius 1 is 1.17 bits per heavy atom. The summed E-state index contributed by atoms with van der Waals surface area (Å²) in [7, 11) is -3.99. The van der Waals surface area contributed by atoms with Crippen molar-refractivity contribution in [3.8, 4) is 0 Å². The van der Waals surface area contributed by atoms with Crippen molar-refractivity contribution in [3.05, 3.63) is 69.2 Å². The van der Waals surface area contributed by atoms with Crippen molar-refractivity contribution in [2.45, 2.75) is 51.2 Å². The van der Waals surface area contributed by atoms with Gasteiger partial charge in [0.05, 0.1) is 16.9 Å². The smallest absolute Gasteiger partial charge is 0.271 e. The molecule has 2 aromatic rings. The second-order valence-corrected chi connectivity index (χ2v) is 11.2. The number of hydrogen-bond donors (Lipinski definition) is 1. The number of anilines is 1. The zero-order valence-corrected chi connectivity index (χ0v) is 21.7. The number of carbonyl (C=O) groups excluding carboxylic acids is 2. The quantitative estimate of drug-likeness (QED) is 0.365. The van der Waals surface area contributed by atoms with Gasteiger partial charge in [-0.3, -0.25) is 24.0 Å². The van der Waals surface area contributed by atoms with Gasteiger partial charge in [-0.15, -0.1) is 0 Å². The van der Waals surface area contributed by atoms with Gasteiger partial charge in [-0.2, -0.15) is 0 Å². The number of rotatable bonds is 10. The lowest BCUT2D eigenvalue weighted by atomic mass is 10.1. The largest absolute Gasteiger partial charge is 0.352 e. The lowest BCUT2D eigenvalue weighted by Gasteiger charge is -2.32. The van der Waals surface area contributed by atoms with E-state index in [2.05, 4.69) is 5.32 Å². The first-order valence-corrected chi connectivity index (χ1v) is 13.7. The average Bonchev–Trinajstić information content (AvgIpc) is 3.32. The first kappa shape index (κ1) is 27.4. The van der Waals surface area contributed by atoms with Gasteiger partial charge in [-0.25, -0.2) is 8.42 Å². The van der Waals surface area contributed by atoms with Gasteiger partial charge in [-0.05, 0) is 43.5 Å². The summed E-state index contributed by atoms with van der Waals surface area (Å²) in [6, 6.07) is 11.0. The van der Waals surface area contributed by atoms with Crippen LogP contribution in [-0.4, -0.2) is 54.9 Å². The van der Waals surface area contributed by atoms with Gasteiger partial charge in [0.1, 0.15) is 12.6 Å². The summed E-state index contributed by atoms with van der Waals surface area (Å²) in [4.78, 5) is 38.4. The predicted octanol–water partition coefficient (Wildman–Crippen LogP) is 3.49. The summed E-state index contributed by atoms with van der Waals surface area (Å²) in [6.07, 6.45) is 4.70. The lowest BCUT2D eigenvalue weighted by molar-refractivity contribution is -0.384. The standard InChI is InChI=1S/C24H29ClN4O6S/c1-17(24(31)26-20-9-3-4-10-20)27(15-18-7-5-8-19(25)13-18)23(30)16-28(36(2,34)35)21-11-6-12-22(14-21)29(32)33/h5-8,11-14,17,20H,3-4,9-10,15-16H2,1-2H3,(H,26,31)/t17-/m0/s1. The summed E-state index contributed by atoms with van der Waals surface area (Å²) in [6.45, 7) is 0.970. The van der Waals surface area contributed by atoms with E-state index in [1.165, 1.54) is 23.1 Å². The van der Waals surface area contributed by atoms with Crippen LogP contribution in [0.25, 0.3) is 0 Å². The number of amides is 2. The van der Waals surface area contributed by atoms with E-state index in [-0.39, 0.29) is 29.9 Å².